The van der Waals surface area contributed by atoms with Gasteiger partial charge >= 0.3 is 0 Å². The molecule has 1 aromatic carbocycles. The molecule has 0 radical (unpaired) electrons. The lowest BCUT2D eigenvalue weighted by Gasteiger charge is -1.97. The molecular weight excluding hydrogens is 291 g/mol. The summed E-state index contributed by atoms with van der Waals surface area (Å²) in [4.78, 5) is 3.94. The molecule has 0 saturated carbocycles. The summed E-state index contributed by atoms with van der Waals surface area (Å²) in [6, 6.07) is 4.77. The number of halogens is 3. The van der Waals surface area contributed by atoms with Crippen LogP contribution >= 0.6 is 39.1 Å². The van der Waals surface area contributed by atoms with Gasteiger partial charge in [0.2, 0.25) is 5.28 Å². The summed E-state index contributed by atoms with van der Waals surface area (Å²) in [6.07, 6.45) is 0. The highest BCUT2D eigenvalue weighted by Gasteiger charge is 2.07. The summed E-state index contributed by atoms with van der Waals surface area (Å²) < 4.78 is 17.4. The Kier molecular flexibility index (Phi) is 2.80. The fraction of sp³-hybridized carbons (Fsp3) is 0. The van der Waals surface area contributed by atoms with Crippen LogP contribution < -0.4 is 0 Å². The molecule has 0 aliphatic heterocycles. The highest BCUT2D eigenvalue weighted by Crippen LogP contribution is 2.26. The maximum atomic E-state index is 13.1. The number of benzene rings is 1. The maximum absolute atomic E-state index is 13.1. The lowest BCUT2D eigenvalue weighted by atomic mass is 10.2. The first kappa shape index (κ1) is 10.0. The molecule has 2 rings (SSSR count). The lowest BCUT2D eigenvalue weighted by Crippen LogP contribution is -1.80. The van der Waals surface area contributed by atoms with E-state index in [2.05, 4.69) is 25.3 Å². The van der Waals surface area contributed by atoms with Crippen molar-refractivity contribution in [2.45, 2.75) is 0 Å². The Morgan fingerprint density at radius 1 is 1.43 bits per heavy atom. The fourth-order valence-electron chi connectivity index (χ4n) is 0.952. The van der Waals surface area contributed by atoms with Crippen molar-refractivity contribution < 1.29 is 4.39 Å². The smallest absolute Gasteiger partial charge is 0.206 e. The normalized spacial score (nSPS) is 10.5. The van der Waals surface area contributed by atoms with E-state index in [1.807, 2.05) is 0 Å². The Balaban J connectivity index is 2.47. The van der Waals surface area contributed by atoms with Gasteiger partial charge in [0.25, 0.3) is 0 Å². The van der Waals surface area contributed by atoms with Crippen LogP contribution in [-0.2, 0) is 0 Å². The van der Waals surface area contributed by atoms with Gasteiger partial charge in [-0.1, -0.05) is 6.07 Å². The molecule has 72 valence electrons. The van der Waals surface area contributed by atoms with Gasteiger partial charge in [0.05, 0.1) is 4.47 Å². The van der Waals surface area contributed by atoms with Crippen LogP contribution in [0.2, 0.25) is 5.28 Å². The van der Waals surface area contributed by atoms with Gasteiger partial charge in [-0.05, 0) is 51.2 Å². The summed E-state index contributed by atoms with van der Waals surface area (Å²) in [5.74, 6) is -0.325. The van der Waals surface area contributed by atoms with Crippen molar-refractivity contribution in [2.24, 2.45) is 0 Å². The molecule has 14 heavy (non-hydrogen) atoms. The SMILES string of the molecule is Fc1cc(-c2nc(Cl)ns2)ccc1Br. The van der Waals surface area contributed by atoms with Gasteiger partial charge in [-0.25, -0.2) is 9.37 Å². The molecule has 0 N–H and O–H groups in total. The van der Waals surface area contributed by atoms with Crippen LogP contribution in [0, 0.1) is 5.82 Å². The van der Waals surface area contributed by atoms with Crippen LogP contribution in [0.15, 0.2) is 22.7 Å². The van der Waals surface area contributed by atoms with Crippen molar-refractivity contribution in [2.75, 3.05) is 0 Å². The van der Waals surface area contributed by atoms with Crippen molar-refractivity contribution in [1.82, 2.24) is 9.36 Å². The van der Waals surface area contributed by atoms with Gasteiger partial charge in [-0.3, -0.25) is 0 Å². The van der Waals surface area contributed by atoms with Gasteiger partial charge in [0.15, 0.2) is 0 Å². The molecule has 0 aliphatic rings. The van der Waals surface area contributed by atoms with E-state index in [-0.39, 0.29) is 11.1 Å². The number of nitrogens with zero attached hydrogens (tertiary/aromatic N) is 2. The van der Waals surface area contributed by atoms with Crippen molar-refractivity contribution in [1.29, 1.82) is 0 Å². The molecule has 2 aromatic rings. The second kappa shape index (κ2) is 3.92. The molecule has 0 amide bonds. The maximum Gasteiger partial charge on any atom is 0.234 e. The van der Waals surface area contributed by atoms with E-state index in [0.29, 0.717) is 15.0 Å². The highest BCUT2D eigenvalue weighted by atomic mass is 79.9. The fourth-order valence-corrected chi connectivity index (χ4v) is 2.00. The number of rotatable bonds is 1. The number of hydrogen-bond acceptors (Lipinski definition) is 3. The van der Waals surface area contributed by atoms with Gasteiger partial charge in [0.1, 0.15) is 10.8 Å². The van der Waals surface area contributed by atoms with E-state index in [1.165, 1.54) is 6.07 Å². The number of aromatic nitrogens is 2. The van der Waals surface area contributed by atoms with Crippen LogP contribution in [-0.4, -0.2) is 9.36 Å². The molecule has 0 saturated heterocycles. The van der Waals surface area contributed by atoms with Crippen molar-refractivity contribution in [3.63, 3.8) is 0 Å². The highest BCUT2D eigenvalue weighted by molar-refractivity contribution is 9.10. The molecular formula is C8H3BrClFN2S. The van der Waals surface area contributed by atoms with Gasteiger partial charge in [-0.15, -0.1) is 0 Å². The minimum Gasteiger partial charge on any atom is -0.206 e. The van der Waals surface area contributed by atoms with Gasteiger partial charge in [-0.2, -0.15) is 4.37 Å². The van der Waals surface area contributed by atoms with Crippen LogP contribution in [0.3, 0.4) is 0 Å². The third-order valence-corrected chi connectivity index (χ3v) is 3.24. The van der Waals surface area contributed by atoms with Crippen LogP contribution in [0.25, 0.3) is 10.6 Å². The third kappa shape index (κ3) is 1.94. The monoisotopic (exact) mass is 292 g/mol. The summed E-state index contributed by atoms with van der Waals surface area (Å²) >= 11 is 9.78. The summed E-state index contributed by atoms with van der Waals surface area (Å²) in [5, 5.41) is 0.801. The third-order valence-electron chi connectivity index (χ3n) is 1.57. The van der Waals surface area contributed by atoms with Crippen LogP contribution in [0.4, 0.5) is 4.39 Å². The molecule has 0 fully saturated rings. The molecule has 0 atom stereocenters. The Labute approximate surface area is 97.0 Å². The molecule has 1 aromatic heterocycles. The Morgan fingerprint density at radius 2 is 2.21 bits per heavy atom. The molecule has 0 bridgehead atoms. The first-order chi connectivity index (χ1) is 6.66. The zero-order valence-electron chi connectivity index (χ0n) is 6.67. The molecule has 6 heteroatoms. The van der Waals surface area contributed by atoms with Crippen molar-refractivity contribution >= 4 is 39.1 Å². The molecule has 0 spiro atoms. The van der Waals surface area contributed by atoms with Gasteiger partial charge < -0.3 is 0 Å². The average molecular weight is 294 g/mol. The second-order valence-corrected chi connectivity index (χ2v) is 4.44. The van der Waals surface area contributed by atoms with E-state index in [0.717, 1.165) is 11.5 Å². The predicted molar refractivity (Wildman–Crippen MR) is 58.0 cm³/mol. The minimum atomic E-state index is -0.325. The Morgan fingerprint density at radius 3 is 2.79 bits per heavy atom. The van der Waals surface area contributed by atoms with E-state index in [4.69, 9.17) is 11.6 Å². The Bertz CT molecular complexity index is 474. The van der Waals surface area contributed by atoms with Gasteiger partial charge in [0, 0.05) is 5.56 Å². The standard InChI is InChI=1S/C8H3BrClFN2S/c9-5-2-1-4(3-6(5)11)7-12-8(10)13-14-7/h1-3H. The van der Waals surface area contributed by atoms with Crippen molar-refractivity contribution in [3.8, 4) is 10.6 Å². The first-order valence-electron chi connectivity index (χ1n) is 3.61. The van der Waals surface area contributed by atoms with Crippen molar-refractivity contribution in [3.05, 3.63) is 33.8 Å². The van der Waals surface area contributed by atoms with E-state index in [1.54, 1.807) is 12.1 Å². The second-order valence-electron chi connectivity index (χ2n) is 2.50. The number of hydrogen-bond donors (Lipinski definition) is 0. The average Bonchev–Trinajstić information content (AvgIpc) is 2.57. The molecule has 1 heterocycles. The molecule has 0 unspecified atom stereocenters. The molecule has 2 nitrogen and oxygen atoms in total. The van der Waals surface area contributed by atoms with Crippen LogP contribution in [0.1, 0.15) is 0 Å². The largest absolute Gasteiger partial charge is 0.234 e. The first-order valence-corrected chi connectivity index (χ1v) is 5.56. The molecule has 0 aliphatic carbocycles. The summed E-state index contributed by atoms with van der Waals surface area (Å²) in [5.41, 5.74) is 0.676. The summed E-state index contributed by atoms with van der Waals surface area (Å²) in [6.45, 7) is 0. The van der Waals surface area contributed by atoms with E-state index >= 15 is 0 Å². The predicted octanol–water partition coefficient (Wildman–Crippen LogP) is 3.76. The lowest BCUT2D eigenvalue weighted by molar-refractivity contribution is 0.621. The Hall–Kier alpha value is -0.520. The van der Waals surface area contributed by atoms with Crippen LogP contribution in [0.5, 0.6) is 0 Å². The zero-order valence-corrected chi connectivity index (χ0v) is 9.83. The quantitative estimate of drug-likeness (QED) is 0.800. The summed E-state index contributed by atoms with van der Waals surface area (Å²) in [7, 11) is 0. The van der Waals surface area contributed by atoms with E-state index < -0.39 is 0 Å². The van der Waals surface area contributed by atoms with E-state index in [9.17, 15) is 4.39 Å². The topological polar surface area (TPSA) is 25.8 Å². The minimum absolute atomic E-state index is 0.188. The zero-order chi connectivity index (χ0) is 10.1.